The average Bonchev–Trinajstić information content (AvgIpc) is 2.70. The van der Waals surface area contributed by atoms with E-state index >= 15 is 0 Å². The summed E-state index contributed by atoms with van der Waals surface area (Å²) < 4.78 is 1.82. The molecule has 1 amide bonds. The minimum Gasteiger partial charge on any atom is -0.465 e. The van der Waals surface area contributed by atoms with E-state index in [-0.39, 0.29) is 0 Å². The fraction of sp³-hybridized carbons (Fsp3) is 0.600. The van der Waals surface area contributed by atoms with Crippen LogP contribution >= 0.6 is 0 Å². The van der Waals surface area contributed by atoms with Crippen LogP contribution in [0, 0.1) is 0 Å². The number of aliphatic hydroxyl groups is 1. The van der Waals surface area contributed by atoms with Crippen molar-refractivity contribution < 1.29 is 15.0 Å². The summed E-state index contributed by atoms with van der Waals surface area (Å²) in [4.78, 5) is 16.0. The third-order valence-corrected chi connectivity index (χ3v) is 3.00. The second-order valence-electron chi connectivity index (χ2n) is 4.23. The summed E-state index contributed by atoms with van der Waals surface area (Å²) in [7, 11) is 0. The number of hydrogen-bond acceptors (Lipinski definition) is 3. The lowest BCUT2D eigenvalue weighted by molar-refractivity contribution is -0.0296. The summed E-state index contributed by atoms with van der Waals surface area (Å²) in [6, 6.07) is 0. The lowest BCUT2D eigenvalue weighted by atomic mass is 9.91. The summed E-state index contributed by atoms with van der Waals surface area (Å²) in [5.74, 6) is 0. The average molecular weight is 225 g/mol. The molecule has 0 aliphatic carbocycles. The van der Waals surface area contributed by atoms with E-state index in [2.05, 4.69) is 4.98 Å². The highest BCUT2D eigenvalue weighted by Gasteiger charge is 2.34. The Morgan fingerprint density at radius 1 is 1.44 bits per heavy atom. The first-order valence-corrected chi connectivity index (χ1v) is 5.25. The Morgan fingerprint density at radius 3 is 2.62 bits per heavy atom. The van der Waals surface area contributed by atoms with Gasteiger partial charge in [0.05, 0.1) is 18.5 Å². The Bertz CT molecular complexity index is 355. The van der Waals surface area contributed by atoms with Crippen LogP contribution in [0.3, 0.4) is 0 Å². The highest BCUT2D eigenvalue weighted by molar-refractivity contribution is 5.65. The van der Waals surface area contributed by atoms with Crippen molar-refractivity contribution in [3.8, 4) is 0 Å². The molecule has 2 rings (SSSR count). The third-order valence-electron chi connectivity index (χ3n) is 3.00. The molecule has 1 saturated heterocycles. The molecule has 0 saturated carbocycles. The van der Waals surface area contributed by atoms with Crippen LogP contribution in [0.25, 0.3) is 0 Å². The molecule has 88 valence electrons. The Balaban J connectivity index is 1.93. The van der Waals surface area contributed by atoms with Crippen LogP contribution in [0.2, 0.25) is 0 Å². The number of amides is 1. The number of nitrogens with zero attached hydrogens (tertiary/aromatic N) is 3. The summed E-state index contributed by atoms with van der Waals surface area (Å²) in [6.45, 7) is 1.25. The molecule has 2 heterocycles. The van der Waals surface area contributed by atoms with Gasteiger partial charge in [-0.3, -0.25) is 0 Å². The largest absolute Gasteiger partial charge is 0.465 e. The van der Waals surface area contributed by atoms with Crippen LogP contribution in [0.5, 0.6) is 0 Å². The predicted octanol–water partition coefficient (Wildman–Crippen LogP) is 0.388. The minimum atomic E-state index is -0.912. The van der Waals surface area contributed by atoms with Crippen molar-refractivity contribution in [3.05, 3.63) is 18.7 Å². The number of carbonyl (C=O) groups is 1. The molecule has 1 aliphatic heterocycles. The zero-order valence-corrected chi connectivity index (χ0v) is 8.91. The van der Waals surface area contributed by atoms with E-state index in [9.17, 15) is 9.90 Å². The second-order valence-corrected chi connectivity index (χ2v) is 4.23. The number of likely N-dealkylation sites (tertiary alicyclic amines) is 1. The maximum Gasteiger partial charge on any atom is 0.407 e. The van der Waals surface area contributed by atoms with E-state index in [0.717, 1.165) is 0 Å². The monoisotopic (exact) mass is 225 g/mol. The Labute approximate surface area is 93.1 Å². The molecule has 16 heavy (non-hydrogen) atoms. The van der Waals surface area contributed by atoms with Crippen LogP contribution in [0.1, 0.15) is 12.8 Å². The van der Waals surface area contributed by atoms with Gasteiger partial charge in [0.15, 0.2) is 0 Å². The molecule has 0 spiro atoms. The molecule has 0 aromatic carbocycles. The number of imidazole rings is 1. The molecule has 2 N–H and O–H groups in total. The first-order chi connectivity index (χ1) is 7.59. The quantitative estimate of drug-likeness (QED) is 0.763. The first kappa shape index (κ1) is 10.9. The molecule has 1 fully saturated rings. The molecule has 1 aromatic rings. The van der Waals surface area contributed by atoms with Gasteiger partial charge < -0.3 is 19.7 Å². The molecule has 6 heteroatoms. The number of rotatable bonds is 2. The van der Waals surface area contributed by atoms with Crippen molar-refractivity contribution in [1.29, 1.82) is 0 Å². The minimum absolute atomic E-state index is 0.389. The summed E-state index contributed by atoms with van der Waals surface area (Å²) >= 11 is 0. The molecule has 0 unspecified atom stereocenters. The van der Waals surface area contributed by atoms with Gasteiger partial charge in [0, 0.05) is 25.5 Å². The molecule has 1 aliphatic rings. The van der Waals surface area contributed by atoms with Crippen molar-refractivity contribution in [2.75, 3.05) is 13.1 Å². The highest BCUT2D eigenvalue weighted by atomic mass is 16.4. The van der Waals surface area contributed by atoms with Gasteiger partial charge in [0.25, 0.3) is 0 Å². The smallest absolute Gasteiger partial charge is 0.407 e. The second kappa shape index (κ2) is 4.13. The van der Waals surface area contributed by atoms with Crippen LogP contribution in [-0.4, -0.2) is 49.4 Å². The lowest BCUT2D eigenvalue weighted by Crippen LogP contribution is -2.48. The zero-order chi connectivity index (χ0) is 11.6. The summed E-state index contributed by atoms with van der Waals surface area (Å²) in [6.07, 6.45) is 5.14. The predicted molar refractivity (Wildman–Crippen MR) is 56.0 cm³/mol. The van der Waals surface area contributed by atoms with Crippen molar-refractivity contribution in [1.82, 2.24) is 14.5 Å². The molecule has 6 nitrogen and oxygen atoms in total. The molecule has 0 bridgehead atoms. The first-order valence-electron chi connectivity index (χ1n) is 5.25. The third kappa shape index (κ3) is 2.33. The molecular formula is C10H15N3O3. The van der Waals surface area contributed by atoms with E-state index in [4.69, 9.17) is 5.11 Å². The van der Waals surface area contributed by atoms with Gasteiger partial charge >= 0.3 is 6.09 Å². The normalized spacial score (nSPS) is 19.7. The molecule has 0 atom stereocenters. The maximum atomic E-state index is 10.7. The van der Waals surface area contributed by atoms with Crippen LogP contribution in [0.15, 0.2) is 18.7 Å². The number of hydrogen-bond donors (Lipinski definition) is 2. The van der Waals surface area contributed by atoms with Crippen molar-refractivity contribution in [3.63, 3.8) is 0 Å². The summed E-state index contributed by atoms with van der Waals surface area (Å²) in [5.41, 5.74) is -0.813. The molecule has 0 radical (unpaired) electrons. The van der Waals surface area contributed by atoms with Crippen molar-refractivity contribution in [2.45, 2.75) is 25.0 Å². The van der Waals surface area contributed by atoms with E-state index in [1.165, 1.54) is 4.90 Å². The van der Waals surface area contributed by atoms with Gasteiger partial charge in [-0.25, -0.2) is 9.78 Å². The molecular weight excluding hydrogens is 210 g/mol. The number of piperidine rings is 1. The van der Waals surface area contributed by atoms with E-state index in [0.29, 0.717) is 32.5 Å². The lowest BCUT2D eigenvalue weighted by Gasteiger charge is -2.37. The Kier molecular flexibility index (Phi) is 2.82. The van der Waals surface area contributed by atoms with E-state index < -0.39 is 11.7 Å². The van der Waals surface area contributed by atoms with Crippen LogP contribution < -0.4 is 0 Å². The number of carboxylic acid groups (broad SMARTS) is 1. The van der Waals surface area contributed by atoms with Crippen LogP contribution in [0.4, 0.5) is 4.79 Å². The Hall–Kier alpha value is -1.56. The van der Waals surface area contributed by atoms with E-state index in [1.807, 2.05) is 4.57 Å². The number of aromatic nitrogens is 2. The fourth-order valence-electron chi connectivity index (χ4n) is 1.99. The van der Waals surface area contributed by atoms with Gasteiger partial charge in [-0.15, -0.1) is 0 Å². The molecule has 1 aromatic heterocycles. The van der Waals surface area contributed by atoms with Gasteiger partial charge in [-0.2, -0.15) is 0 Å². The Morgan fingerprint density at radius 2 is 2.12 bits per heavy atom. The summed E-state index contributed by atoms with van der Waals surface area (Å²) in [5, 5.41) is 19.1. The van der Waals surface area contributed by atoms with Gasteiger partial charge in [0.1, 0.15) is 0 Å². The zero-order valence-electron chi connectivity index (χ0n) is 8.91. The SMILES string of the molecule is O=C(O)N1CCC(O)(Cn2ccnc2)CC1. The van der Waals surface area contributed by atoms with Crippen molar-refractivity contribution >= 4 is 6.09 Å². The van der Waals surface area contributed by atoms with Gasteiger partial charge in [0.2, 0.25) is 0 Å². The van der Waals surface area contributed by atoms with Gasteiger partial charge in [-0.1, -0.05) is 0 Å². The van der Waals surface area contributed by atoms with Crippen LogP contribution in [-0.2, 0) is 6.54 Å². The standard InChI is InChI=1S/C10H15N3O3/c14-9(15)13-4-1-10(16,2-5-13)7-12-6-3-11-8-12/h3,6,8,16H,1-2,4-5,7H2,(H,14,15). The fourth-order valence-corrected chi connectivity index (χ4v) is 1.99. The topological polar surface area (TPSA) is 78.6 Å². The van der Waals surface area contributed by atoms with E-state index in [1.54, 1.807) is 18.7 Å². The van der Waals surface area contributed by atoms with Gasteiger partial charge in [-0.05, 0) is 12.8 Å². The van der Waals surface area contributed by atoms with Crippen molar-refractivity contribution in [2.24, 2.45) is 0 Å². The maximum absolute atomic E-state index is 10.7. The highest BCUT2D eigenvalue weighted by Crippen LogP contribution is 2.23.